The van der Waals surface area contributed by atoms with Crippen LogP contribution in [0, 0.1) is 0 Å². The number of benzene rings is 1. The summed E-state index contributed by atoms with van der Waals surface area (Å²) in [5.74, 6) is 0. The molecular formula is C20H32N4O. The summed E-state index contributed by atoms with van der Waals surface area (Å²) in [6.07, 6.45) is 3.97. The van der Waals surface area contributed by atoms with Crippen molar-refractivity contribution in [3.05, 3.63) is 24.3 Å². The van der Waals surface area contributed by atoms with Crippen LogP contribution in [0.25, 0.3) is 0 Å². The van der Waals surface area contributed by atoms with Crippen molar-refractivity contribution in [2.24, 2.45) is 0 Å². The third kappa shape index (κ3) is 4.80. The summed E-state index contributed by atoms with van der Waals surface area (Å²) in [6.45, 7) is 11.7. The molecule has 2 fully saturated rings. The molecular weight excluding hydrogens is 312 g/mol. The summed E-state index contributed by atoms with van der Waals surface area (Å²) in [5.41, 5.74) is 2.42. The van der Waals surface area contributed by atoms with Crippen LogP contribution < -0.4 is 15.1 Å². The molecule has 2 heterocycles. The number of piperidine rings is 1. The Balaban J connectivity index is 1.53. The number of nitrogens with zero attached hydrogens (tertiary/aromatic N) is 3. The summed E-state index contributed by atoms with van der Waals surface area (Å²) < 4.78 is 0. The van der Waals surface area contributed by atoms with Crippen molar-refractivity contribution in [2.75, 3.05) is 49.1 Å². The van der Waals surface area contributed by atoms with Crippen LogP contribution in [0.1, 0.15) is 40.0 Å². The normalized spacial score (nSPS) is 19.1. The van der Waals surface area contributed by atoms with Gasteiger partial charge in [0.05, 0.1) is 0 Å². The molecule has 0 unspecified atom stereocenters. The van der Waals surface area contributed by atoms with Crippen LogP contribution in [0.15, 0.2) is 24.3 Å². The highest BCUT2D eigenvalue weighted by Crippen LogP contribution is 2.24. The number of carbonyl (C=O) groups excluding carboxylic acids is 1. The van der Waals surface area contributed by atoms with Crippen LogP contribution in [-0.4, -0.2) is 55.7 Å². The molecule has 5 nitrogen and oxygen atoms in total. The molecule has 0 bridgehead atoms. The van der Waals surface area contributed by atoms with Crippen LogP contribution in [0.4, 0.5) is 16.2 Å². The standard InChI is InChI=1S/C20H32N4O/c1-20(2,3)21-19(25)24-15-13-23(14-16-24)18-9-7-17(8-10-18)22-11-5-4-6-12-22/h7-10H,4-6,11-16H2,1-3H3,(H,21,25). The van der Waals surface area contributed by atoms with E-state index in [1.54, 1.807) is 0 Å². The highest BCUT2D eigenvalue weighted by molar-refractivity contribution is 5.75. The van der Waals surface area contributed by atoms with Gasteiger partial charge in [-0.2, -0.15) is 0 Å². The molecule has 25 heavy (non-hydrogen) atoms. The average Bonchev–Trinajstić information content (AvgIpc) is 2.61. The van der Waals surface area contributed by atoms with Crippen molar-refractivity contribution in [1.29, 1.82) is 0 Å². The van der Waals surface area contributed by atoms with Gasteiger partial charge in [0.15, 0.2) is 0 Å². The Kier molecular flexibility index (Phi) is 5.40. The lowest BCUT2D eigenvalue weighted by molar-refractivity contribution is 0.185. The lowest BCUT2D eigenvalue weighted by Gasteiger charge is -2.37. The fourth-order valence-electron chi connectivity index (χ4n) is 3.59. The fourth-order valence-corrected chi connectivity index (χ4v) is 3.59. The highest BCUT2D eigenvalue weighted by Gasteiger charge is 2.24. The Hall–Kier alpha value is -1.91. The van der Waals surface area contributed by atoms with E-state index in [9.17, 15) is 4.79 Å². The molecule has 3 rings (SSSR count). The van der Waals surface area contributed by atoms with Gasteiger partial charge in [-0.15, -0.1) is 0 Å². The third-order valence-corrected chi connectivity index (χ3v) is 4.98. The second kappa shape index (κ2) is 7.54. The first-order chi connectivity index (χ1) is 11.9. The number of amides is 2. The summed E-state index contributed by atoms with van der Waals surface area (Å²) >= 11 is 0. The van der Waals surface area contributed by atoms with Crippen molar-refractivity contribution in [1.82, 2.24) is 10.2 Å². The molecule has 1 aromatic carbocycles. The van der Waals surface area contributed by atoms with Crippen molar-refractivity contribution in [3.8, 4) is 0 Å². The average molecular weight is 345 g/mol. The Bertz CT molecular complexity index is 564. The number of nitrogens with one attached hydrogen (secondary N) is 1. The van der Waals surface area contributed by atoms with Crippen LogP contribution in [0.5, 0.6) is 0 Å². The van der Waals surface area contributed by atoms with E-state index in [0.717, 1.165) is 26.2 Å². The first-order valence-corrected chi connectivity index (χ1v) is 9.59. The van der Waals surface area contributed by atoms with E-state index in [4.69, 9.17) is 0 Å². The molecule has 0 spiro atoms. The molecule has 5 heteroatoms. The number of rotatable bonds is 2. The van der Waals surface area contributed by atoms with Gasteiger partial charge in [0.25, 0.3) is 0 Å². The van der Waals surface area contributed by atoms with E-state index in [-0.39, 0.29) is 11.6 Å². The predicted octanol–water partition coefficient (Wildman–Crippen LogP) is 3.31. The molecule has 2 aliphatic rings. The van der Waals surface area contributed by atoms with E-state index < -0.39 is 0 Å². The second-order valence-electron chi connectivity index (χ2n) is 8.22. The minimum atomic E-state index is -0.182. The maximum absolute atomic E-state index is 12.3. The molecule has 0 saturated carbocycles. The van der Waals surface area contributed by atoms with Gasteiger partial charge in [0, 0.05) is 56.2 Å². The lowest BCUT2D eigenvalue weighted by atomic mass is 10.1. The molecule has 2 aliphatic heterocycles. The summed E-state index contributed by atoms with van der Waals surface area (Å²) in [6, 6.07) is 9.01. The summed E-state index contributed by atoms with van der Waals surface area (Å²) in [4.78, 5) is 19.1. The van der Waals surface area contributed by atoms with Crippen molar-refractivity contribution >= 4 is 17.4 Å². The van der Waals surface area contributed by atoms with Gasteiger partial charge in [-0.25, -0.2) is 4.79 Å². The number of urea groups is 1. The number of hydrogen-bond acceptors (Lipinski definition) is 3. The molecule has 0 aromatic heterocycles. The Morgan fingerprint density at radius 3 is 1.76 bits per heavy atom. The van der Waals surface area contributed by atoms with E-state index in [2.05, 4.69) is 39.4 Å². The Morgan fingerprint density at radius 2 is 1.28 bits per heavy atom. The maximum atomic E-state index is 12.3. The Morgan fingerprint density at radius 1 is 0.800 bits per heavy atom. The van der Waals surface area contributed by atoms with Crippen LogP contribution >= 0.6 is 0 Å². The topological polar surface area (TPSA) is 38.8 Å². The number of hydrogen-bond donors (Lipinski definition) is 1. The second-order valence-corrected chi connectivity index (χ2v) is 8.22. The lowest BCUT2D eigenvalue weighted by Crippen LogP contribution is -2.55. The number of piperazine rings is 1. The van der Waals surface area contributed by atoms with E-state index in [1.165, 1.54) is 43.7 Å². The van der Waals surface area contributed by atoms with Gasteiger partial charge in [0.1, 0.15) is 0 Å². The smallest absolute Gasteiger partial charge is 0.317 e. The van der Waals surface area contributed by atoms with Gasteiger partial charge in [-0.05, 0) is 64.3 Å². The molecule has 2 amide bonds. The summed E-state index contributed by atoms with van der Waals surface area (Å²) in [7, 11) is 0. The van der Waals surface area contributed by atoms with Crippen LogP contribution in [0.2, 0.25) is 0 Å². The molecule has 0 radical (unpaired) electrons. The number of anilines is 2. The Labute approximate surface area is 152 Å². The molecule has 1 N–H and O–H groups in total. The molecule has 1 aromatic rings. The minimum Gasteiger partial charge on any atom is -0.372 e. The van der Waals surface area contributed by atoms with Gasteiger partial charge in [0.2, 0.25) is 0 Å². The SMILES string of the molecule is CC(C)(C)NC(=O)N1CCN(c2ccc(N3CCCCC3)cc2)CC1. The molecule has 138 valence electrons. The van der Waals surface area contributed by atoms with E-state index in [0.29, 0.717) is 0 Å². The number of carbonyl (C=O) groups is 1. The van der Waals surface area contributed by atoms with E-state index >= 15 is 0 Å². The highest BCUT2D eigenvalue weighted by atomic mass is 16.2. The molecule has 2 saturated heterocycles. The maximum Gasteiger partial charge on any atom is 0.317 e. The predicted molar refractivity (Wildman–Crippen MR) is 105 cm³/mol. The van der Waals surface area contributed by atoms with Gasteiger partial charge in [-0.3, -0.25) is 0 Å². The van der Waals surface area contributed by atoms with Gasteiger partial charge < -0.3 is 20.0 Å². The van der Waals surface area contributed by atoms with Gasteiger partial charge >= 0.3 is 6.03 Å². The molecule has 0 atom stereocenters. The van der Waals surface area contributed by atoms with Gasteiger partial charge in [-0.1, -0.05) is 0 Å². The first-order valence-electron chi connectivity index (χ1n) is 9.59. The van der Waals surface area contributed by atoms with Crippen LogP contribution in [-0.2, 0) is 0 Å². The monoisotopic (exact) mass is 344 g/mol. The largest absolute Gasteiger partial charge is 0.372 e. The quantitative estimate of drug-likeness (QED) is 0.895. The van der Waals surface area contributed by atoms with Crippen molar-refractivity contribution in [3.63, 3.8) is 0 Å². The minimum absolute atomic E-state index is 0.0487. The fraction of sp³-hybridized carbons (Fsp3) is 0.650. The summed E-state index contributed by atoms with van der Waals surface area (Å²) in [5, 5.41) is 3.05. The zero-order chi connectivity index (χ0) is 17.9. The van der Waals surface area contributed by atoms with E-state index in [1.807, 2.05) is 25.7 Å². The van der Waals surface area contributed by atoms with Crippen LogP contribution in [0.3, 0.4) is 0 Å². The zero-order valence-corrected chi connectivity index (χ0v) is 15.9. The first kappa shape index (κ1) is 17.9. The zero-order valence-electron chi connectivity index (χ0n) is 15.9. The molecule has 0 aliphatic carbocycles. The van der Waals surface area contributed by atoms with Crippen molar-refractivity contribution < 1.29 is 4.79 Å². The van der Waals surface area contributed by atoms with Crippen molar-refractivity contribution in [2.45, 2.75) is 45.6 Å². The third-order valence-electron chi connectivity index (χ3n) is 4.98.